The van der Waals surface area contributed by atoms with E-state index in [1.165, 1.54) is 11.6 Å². The average molecular weight is 437 g/mol. The number of carbonyl (C=O) groups is 1. The van der Waals surface area contributed by atoms with Gasteiger partial charge in [-0.3, -0.25) is 0 Å². The summed E-state index contributed by atoms with van der Waals surface area (Å²) in [4.78, 5) is 19.7. The van der Waals surface area contributed by atoms with Gasteiger partial charge in [-0.15, -0.1) is 10.2 Å². The lowest BCUT2D eigenvalue weighted by Gasteiger charge is -2.12. The molecule has 0 amide bonds. The van der Waals surface area contributed by atoms with Crippen molar-refractivity contribution in [2.45, 2.75) is 33.6 Å². The van der Waals surface area contributed by atoms with Gasteiger partial charge in [-0.05, 0) is 56.4 Å². The summed E-state index contributed by atoms with van der Waals surface area (Å²) in [7, 11) is 1.66. The Balaban J connectivity index is 1.74. The van der Waals surface area contributed by atoms with Gasteiger partial charge in [0.15, 0.2) is 5.69 Å². The lowest BCUT2D eigenvalue weighted by Crippen LogP contribution is -2.07. The summed E-state index contributed by atoms with van der Waals surface area (Å²) in [6.07, 6.45) is 7.58. The Hall–Kier alpha value is -3.55. The maximum Gasteiger partial charge on any atom is 0.356 e. The van der Waals surface area contributed by atoms with Crippen LogP contribution in [-0.4, -0.2) is 45.0 Å². The molecule has 1 aliphatic carbocycles. The van der Waals surface area contributed by atoms with Crippen molar-refractivity contribution in [1.82, 2.24) is 20.2 Å². The van der Waals surface area contributed by atoms with Crippen LogP contribution in [0.15, 0.2) is 54.0 Å². The third kappa shape index (κ3) is 5.57. The molecule has 2 aromatic heterocycles. The van der Waals surface area contributed by atoms with Gasteiger partial charge in [0.2, 0.25) is 5.88 Å². The van der Waals surface area contributed by atoms with Gasteiger partial charge >= 0.3 is 5.97 Å². The normalized spacial score (nSPS) is 18.2. The molecule has 0 saturated heterocycles. The average Bonchev–Trinajstić information content (AvgIpc) is 3.56. The SMILES string of the molecule is C=C(CC)C(=CC=C(C)OC)C1CC1COc1nc(C)ncc1-c1ccc(C(=O)O)nn1. The molecular weight excluding hydrogens is 408 g/mol. The minimum Gasteiger partial charge on any atom is -0.501 e. The molecule has 0 aromatic carbocycles. The van der Waals surface area contributed by atoms with Crippen molar-refractivity contribution in [1.29, 1.82) is 0 Å². The molecule has 0 bridgehead atoms. The number of carboxylic acids is 1. The smallest absolute Gasteiger partial charge is 0.356 e. The van der Waals surface area contributed by atoms with Crippen LogP contribution >= 0.6 is 0 Å². The number of carboxylic acid groups (broad SMARTS) is 1. The number of allylic oxidation sites excluding steroid dienone is 5. The minimum absolute atomic E-state index is 0.127. The molecule has 1 N–H and O–H groups in total. The van der Waals surface area contributed by atoms with Crippen LogP contribution in [0.25, 0.3) is 11.3 Å². The van der Waals surface area contributed by atoms with E-state index in [0.717, 1.165) is 24.2 Å². The standard InChI is InChI=1S/C24H28N4O4/c1-6-14(2)18(8-7-15(3)31-5)19-11-17(19)13-32-23-20(12-25-16(4)26-23)21-9-10-22(24(29)30)28-27-21/h7-10,12,17,19H,2,6,11,13H2,1,3-5H3,(H,29,30). The largest absolute Gasteiger partial charge is 0.501 e. The fourth-order valence-electron chi connectivity index (χ4n) is 3.31. The highest BCUT2D eigenvalue weighted by molar-refractivity contribution is 5.85. The summed E-state index contributed by atoms with van der Waals surface area (Å²) in [5.74, 6) is 1.43. The van der Waals surface area contributed by atoms with Crippen LogP contribution in [0.1, 0.15) is 43.0 Å². The maximum absolute atomic E-state index is 11.0. The highest BCUT2D eigenvalue weighted by Crippen LogP contribution is 2.47. The zero-order valence-corrected chi connectivity index (χ0v) is 18.8. The number of methoxy groups -OCH3 is 1. The second kappa shape index (κ2) is 10.2. The van der Waals surface area contributed by atoms with E-state index < -0.39 is 5.97 Å². The Kier molecular flexibility index (Phi) is 7.35. The first-order valence-corrected chi connectivity index (χ1v) is 10.5. The molecule has 1 fully saturated rings. The number of aryl methyl sites for hydroxylation is 1. The second-order valence-electron chi connectivity index (χ2n) is 7.72. The quantitative estimate of drug-likeness (QED) is 0.431. The third-order valence-electron chi connectivity index (χ3n) is 5.44. The molecule has 1 saturated carbocycles. The van der Waals surface area contributed by atoms with Crippen LogP contribution in [0, 0.1) is 18.8 Å². The Labute approximate surface area is 187 Å². The van der Waals surface area contributed by atoms with Gasteiger partial charge in [0.25, 0.3) is 0 Å². The van der Waals surface area contributed by atoms with Crippen molar-refractivity contribution in [3.05, 3.63) is 65.5 Å². The minimum atomic E-state index is -1.13. The fraction of sp³-hybridized carbons (Fsp3) is 0.375. The number of hydrogen-bond donors (Lipinski definition) is 1. The molecule has 1 aliphatic rings. The van der Waals surface area contributed by atoms with Crippen molar-refractivity contribution in [3.63, 3.8) is 0 Å². The summed E-state index contributed by atoms with van der Waals surface area (Å²) in [5.41, 5.74) is 3.25. The number of nitrogens with zero attached hydrogens (tertiary/aromatic N) is 4. The Morgan fingerprint density at radius 2 is 2.09 bits per heavy atom. The number of hydrogen-bond acceptors (Lipinski definition) is 7. The van der Waals surface area contributed by atoms with Crippen LogP contribution < -0.4 is 4.74 Å². The van der Waals surface area contributed by atoms with E-state index in [4.69, 9.17) is 14.6 Å². The molecular formula is C24H28N4O4. The molecule has 8 nitrogen and oxygen atoms in total. The molecule has 0 aliphatic heterocycles. The Morgan fingerprint density at radius 1 is 1.31 bits per heavy atom. The van der Waals surface area contributed by atoms with Gasteiger partial charge in [-0.2, -0.15) is 4.98 Å². The Bertz CT molecular complexity index is 1060. The van der Waals surface area contributed by atoms with E-state index in [-0.39, 0.29) is 5.69 Å². The van der Waals surface area contributed by atoms with Gasteiger partial charge in [0.1, 0.15) is 5.82 Å². The first kappa shape index (κ1) is 23.1. The van der Waals surface area contributed by atoms with Crippen molar-refractivity contribution in [2.24, 2.45) is 11.8 Å². The molecule has 8 heteroatoms. The summed E-state index contributed by atoms with van der Waals surface area (Å²) < 4.78 is 11.3. The summed E-state index contributed by atoms with van der Waals surface area (Å²) in [6, 6.07) is 2.97. The molecule has 3 rings (SSSR count). The molecule has 0 radical (unpaired) electrons. The molecule has 2 atom stereocenters. The van der Waals surface area contributed by atoms with Crippen molar-refractivity contribution in [3.8, 4) is 17.1 Å². The monoisotopic (exact) mass is 436 g/mol. The fourth-order valence-corrected chi connectivity index (χ4v) is 3.31. The van der Waals surface area contributed by atoms with Crippen molar-refractivity contribution >= 4 is 5.97 Å². The van der Waals surface area contributed by atoms with Gasteiger partial charge in [0, 0.05) is 12.1 Å². The van der Waals surface area contributed by atoms with Crippen LogP contribution in [-0.2, 0) is 4.74 Å². The van der Waals surface area contributed by atoms with Crippen molar-refractivity contribution in [2.75, 3.05) is 13.7 Å². The van der Waals surface area contributed by atoms with Gasteiger partial charge in [0.05, 0.1) is 30.7 Å². The molecule has 2 aromatic rings. The Morgan fingerprint density at radius 3 is 2.72 bits per heavy atom. The van der Waals surface area contributed by atoms with Crippen LogP contribution in [0.4, 0.5) is 0 Å². The van der Waals surface area contributed by atoms with E-state index in [1.807, 2.05) is 13.0 Å². The second-order valence-corrected chi connectivity index (χ2v) is 7.72. The summed E-state index contributed by atoms with van der Waals surface area (Å²) in [6.45, 7) is 10.5. The van der Waals surface area contributed by atoms with Crippen LogP contribution in [0.3, 0.4) is 0 Å². The predicted octanol–water partition coefficient (Wildman–Crippen LogP) is 4.40. The van der Waals surface area contributed by atoms with Gasteiger partial charge < -0.3 is 14.6 Å². The van der Waals surface area contributed by atoms with E-state index in [9.17, 15) is 4.79 Å². The van der Waals surface area contributed by atoms with E-state index in [0.29, 0.717) is 41.4 Å². The first-order chi connectivity index (χ1) is 15.3. The summed E-state index contributed by atoms with van der Waals surface area (Å²) >= 11 is 0. The lowest BCUT2D eigenvalue weighted by atomic mass is 9.99. The maximum atomic E-state index is 11.0. The number of ether oxygens (including phenoxy) is 2. The zero-order chi connectivity index (χ0) is 23.3. The highest BCUT2D eigenvalue weighted by atomic mass is 16.5. The van der Waals surface area contributed by atoms with Gasteiger partial charge in [-0.1, -0.05) is 25.2 Å². The molecule has 168 valence electrons. The summed E-state index contributed by atoms with van der Waals surface area (Å²) in [5, 5.41) is 16.8. The van der Waals surface area contributed by atoms with E-state index in [1.54, 1.807) is 26.3 Å². The molecule has 0 spiro atoms. The lowest BCUT2D eigenvalue weighted by molar-refractivity contribution is 0.0689. The number of aromatic nitrogens is 4. The third-order valence-corrected chi connectivity index (χ3v) is 5.44. The first-order valence-electron chi connectivity index (χ1n) is 10.5. The van der Waals surface area contributed by atoms with Crippen LogP contribution in [0.2, 0.25) is 0 Å². The van der Waals surface area contributed by atoms with Crippen molar-refractivity contribution < 1.29 is 19.4 Å². The molecule has 32 heavy (non-hydrogen) atoms. The molecule has 2 heterocycles. The predicted molar refractivity (Wildman–Crippen MR) is 120 cm³/mol. The number of aromatic carboxylic acids is 1. The zero-order valence-electron chi connectivity index (χ0n) is 18.8. The molecule has 2 unspecified atom stereocenters. The van der Waals surface area contributed by atoms with E-state index >= 15 is 0 Å². The van der Waals surface area contributed by atoms with Gasteiger partial charge in [-0.25, -0.2) is 9.78 Å². The topological polar surface area (TPSA) is 107 Å². The number of rotatable bonds is 10. The highest BCUT2D eigenvalue weighted by Gasteiger charge is 2.40. The van der Waals surface area contributed by atoms with Crippen LogP contribution in [0.5, 0.6) is 5.88 Å². The van der Waals surface area contributed by atoms with E-state index in [2.05, 4.69) is 39.7 Å².